The predicted molar refractivity (Wildman–Crippen MR) is 71.9 cm³/mol. The van der Waals surface area contributed by atoms with E-state index in [1.165, 1.54) is 5.69 Å². The molecule has 0 radical (unpaired) electrons. The second-order valence-corrected chi connectivity index (χ2v) is 4.04. The SMILES string of the molecule is C1=CN(c2ccccc2)C1Nc1ccccc1. The Morgan fingerprint density at radius 1 is 0.824 bits per heavy atom. The first-order chi connectivity index (χ1) is 8.43. The van der Waals surface area contributed by atoms with Crippen molar-refractivity contribution in [3.63, 3.8) is 0 Å². The van der Waals surface area contributed by atoms with Crippen molar-refractivity contribution < 1.29 is 0 Å². The van der Waals surface area contributed by atoms with Crippen molar-refractivity contribution in [1.29, 1.82) is 0 Å². The maximum absolute atomic E-state index is 3.47. The van der Waals surface area contributed by atoms with E-state index in [4.69, 9.17) is 0 Å². The number of nitrogens with one attached hydrogen (secondary N) is 1. The molecule has 0 spiro atoms. The molecule has 0 aliphatic carbocycles. The Labute approximate surface area is 101 Å². The topological polar surface area (TPSA) is 15.3 Å². The first-order valence-corrected chi connectivity index (χ1v) is 5.77. The molecule has 1 aliphatic rings. The average Bonchev–Trinajstić information content (AvgIpc) is 2.37. The van der Waals surface area contributed by atoms with E-state index >= 15 is 0 Å². The van der Waals surface area contributed by atoms with E-state index in [9.17, 15) is 0 Å². The Balaban J connectivity index is 1.73. The molecule has 0 amide bonds. The van der Waals surface area contributed by atoms with Crippen LogP contribution in [0.25, 0.3) is 0 Å². The summed E-state index contributed by atoms with van der Waals surface area (Å²) in [5.41, 5.74) is 2.35. The highest BCUT2D eigenvalue weighted by molar-refractivity contribution is 5.59. The van der Waals surface area contributed by atoms with Crippen LogP contribution < -0.4 is 10.2 Å². The summed E-state index contributed by atoms with van der Waals surface area (Å²) in [5, 5.41) is 3.47. The van der Waals surface area contributed by atoms with Gasteiger partial charge in [-0.2, -0.15) is 0 Å². The van der Waals surface area contributed by atoms with Gasteiger partial charge in [-0.25, -0.2) is 0 Å². The first kappa shape index (κ1) is 9.97. The molecule has 2 nitrogen and oxygen atoms in total. The lowest BCUT2D eigenvalue weighted by atomic mass is 10.2. The van der Waals surface area contributed by atoms with Crippen LogP contribution in [0, 0.1) is 0 Å². The van der Waals surface area contributed by atoms with Gasteiger partial charge in [-0.15, -0.1) is 0 Å². The molecule has 17 heavy (non-hydrogen) atoms. The molecule has 1 aliphatic heterocycles. The molecule has 0 saturated carbocycles. The summed E-state index contributed by atoms with van der Waals surface area (Å²) >= 11 is 0. The van der Waals surface area contributed by atoms with Crippen molar-refractivity contribution in [2.45, 2.75) is 6.17 Å². The summed E-state index contributed by atoms with van der Waals surface area (Å²) in [7, 11) is 0. The fraction of sp³-hybridized carbons (Fsp3) is 0.0667. The molecule has 2 heteroatoms. The minimum atomic E-state index is 0.250. The van der Waals surface area contributed by atoms with Gasteiger partial charge in [-0.05, 0) is 30.3 Å². The molecule has 0 aromatic heterocycles. The lowest BCUT2D eigenvalue weighted by Crippen LogP contribution is -2.42. The number of anilines is 2. The average molecular weight is 222 g/mol. The third kappa shape index (κ3) is 2.02. The summed E-state index contributed by atoms with van der Waals surface area (Å²) < 4.78 is 0. The van der Waals surface area contributed by atoms with E-state index in [2.05, 4.69) is 58.9 Å². The Hall–Kier alpha value is -2.22. The molecule has 0 saturated heterocycles. The monoisotopic (exact) mass is 222 g/mol. The van der Waals surface area contributed by atoms with E-state index < -0.39 is 0 Å². The van der Waals surface area contributed by atoms with Crippen LogP contribution in [0.1, 0.15) is 0 Å². The van der Waals surface area contributed by atoms with E-state index in [1.54, 1.807) is 0 Å². The number of rotatable bonds is 3. The summed E-state index contributed by atoms with van der Waals surface area (Å²) in [5.74, 6) is 0. The number of hydrogen-bond donors (Lipinski definition) is 1. The Kier molecular flexibility index (Phi) is 2.54. The molecule has 1 atom stereocenters. The molecule has 3 rings (SSSR count). The minimum absolute atomic E-state index is 0.250. The van der Waals surface area contributed by atoms with Crippen molar-refractivity contribution in [3.05, 3.63) is 72.9 Å². The highest BCUT2D eigenvalue weighted by Crippen LogP contribution is 2.24. The quantitative estimate of drug-likeness (QED) is 0.855. The van der Waals surface area contributed by atoms with Gasteiger partial charge in [0.15, 0.2) is 0 Å². The van der Waals surface area contributed by atoms with Gasteiger partial charge in [0.05, 0.1) is 0 Å². The number of nitrogens with zero attached hydrogens (tertiary/aromatic N) is 1. The molecular formula is C15H14N2. The van der Waals surface area contributed by atoms with Crippen LogP contribution in [0.5, 0.6) is 0 Å². The summed E-state index contributed by atoms with van der Waals surface area (Å²) in [6, 6.07) is 20.6. The van der Waals surface area contributed by atoms with Gasteiger partial charge in [0.25, 0.3) is 0 Å². The Morgan fingerprint density at radius 2 is 1.47 bits per heavy atom. The van der Waals surface area contributed by atoms with Crippen molar-refractivity contribution >= 4 is 11.4 Å². The van der Waals surface area contributed by atoms with Crippen LogP contribution in [-0.4, -0.2) is 6.17 Å². The van der Waals surface area contributed by atoms with E-state index in [-0.39, 0.29) is 6.17 Å². The van der Waals surface area contributed by atoms with Crippen molar-refractivity contribution in [2.24, 2.45) is 0 Å². The van der Waals surface area contributed by atoms with Crippen LogP contribution in [0.4, 0.5) is 11.4 Å². The van der Waals surface area contributed by atoms with Crippen LogP contribution in [0.15, 0.2) is 72.9 Å². The van der Waals surface area contributed by atoms with Gasteiger partial charge >= 0.3 is 0 Å². The zero-order valence-corrected chi connectivity index (χ0v) is 9.45. The second kappa shape index (κ2) is 4.34. The van der Waals surface area contributed by atoms with Crippen LogP contribution >= 0.6 is 0 Å². The van der Waals surface area contributed by atoms with Crippen LogP contribution in [0.3, 0.4) is 0 Å². The van der Waals surface area contributed by atoms with Crippen molar-refractivity contribution in [1.82, 2.24) is 0 Å². The largest absolute Gasteiger partial charge is 0.362 e. The number of hydrogen-bond acceptors (Lipinski definition) is 2. The maximum atomic E-state index is 3.47. The van der Waals surface area contributed by atoms with E-state index in [1.807, 2.05) is 24.3 Å². The Morgan fingerprint density at radius 3 is 2.06 bits per heavy atom. The maximum Gasteiger partial charge on any atom is 0.124 e. The number of benzene rings is 2. The fourth-order valence-corrected chi connectivity index (χ4v) is 1.93. The lowest BCUT2D eigenvalue weighted by Gasteiger charge is -2.36. The molecule has 84 valence electrons. The standard InChI is InChI=1S/C15H14N2/c1-3-7-13(8-4-1)16-15-11-12-17(15)14-9-5-2-6-10-14/h1-12,15-16H. The molecule has 1 heterocycles. The molecule has 1 N–H and O–H groups in total. The third-order valence-corrected chi connectivity index (χ3v) is 2.87. The summed E-state index contributed by atoms with van der Waals surface area (Å²) in [6.07, 6.45) is 4.50. The van der Waals surface area contributed by atoms with Crippen molar-refractivity contribution in [3.8, 4) is 0 Å². The zero-order valence-electron chi connectivity index (χ0n) is 9.45. The van der Waals surface area contributed by atoms with Gasteiger partial charge in [0, 0.05) is 17.6 Å². The van der Waals surface area contributed by atoms with Crippen LogP contribution in [-0.2, 0) is 0 Å². The summed E-state index contributed by atoms with van der Waals surface area (Å²) in [4.78, 5) is 2.22. The van der Waals surface area contributed by atoms with Gasteiger partial charge < -0.3 is 10.2 Å². The lowest BCUT2D eigenvalue weighted by molar-refractivity contribution is 0.806. The molecule has 0 fully saturated rings. The van der Waals surface area contributed by atoms with Gasteiger partial charge in [-0.3, -0.25) is 0 Å². The highest BCUT2D eigenvalue weighted by Gasteiger charge is 2.20. The number of para-hydroxylation sites is 2. The van der Waals surface area contributed by atoms with Gasteiger partial charge in [0.2, 0.25) is 0 Å². The molecule has 1 unspecified atom stereocenters. The highest BCUT2D eigenvalue weighted by atomic mass is 15.3. The molecule has 2 aromatic rings. The van der Waals surface area contributed by atoms with Crippen LogP contribution in [0.2, 0.25) is 0 Å². The van der Waals surface area contributed by atoms with Crippen molar-refractivity contribution in [2.75, 3.05) is 10.2 Å². The normalized spacial score (nSPS) is 17.6. The van der Waals surface area contributed by atoms with E-state index in [0.717, 1.165) is 5.69 Å². The van der Waals surface area contributed by atoms with E-state index in [0.29, 0.717) is 0 Å². The first-order valence-electron chi connectivity index (χ1n) is 5.77. The minimum Gasteiger partial charge on any atom is -0.362 e. The molecule has 2 aromatic carbocycles. The molecule has 0 bridgehead atoms. The van der Waals surface area contributed by atoms with Gasteiger partial charge in [0.1, 0.15) is 6.17 Å². The zero-order chi connectivity index (χ0) is 11.5. The van der Waals surface area contributed by atoms with Gasteiger partial charge in [-0.1, -0.05) is 36.4 Å². The third-order valence-electron chi connectivity index (χ3n) is 2.87. The smallest absolute Gasteiger partial charge is 0.124 e. The Bertz CT molecular complexity index is 505. The summed E-state index contributed by atoms with van der Waals surface area (Å²) in [6.45, 7) is 0. The second-order valence-electron chi connectivity index (χ2n) is 4.04. The predicted octanol–water partition coefficient (Wildman–Crippen LogP) is 3.46. The fourth-order valence-electron chi connectivity index (χ4n) is 1.93. The molecular weight excluding hydrogens is 208 g/mol.